The third-order valence-electron chi connectivity index (χ3n) is 4.17. The summed E-state index contributed by atoms with van der Waals surface area (Å²) in [5, 5.41) is 0. The first kappa shape index (κ1) is 19.1. The smallest absolute Gasteiger partial charge is 0.342 e. The fourth-order valence-electron chi connectivity index (χ4n) is 2.73. The van der Waals surface area contributed by atoms with Crippen molar-refractivity contribution in [3.8, 4) is 0 Å². The van der Waals surface area contributed by atoms with E-state index >= 15 is 0 Å². The number of nitrogens with two attached hydrogens (primary N) is 1. The van der Waals surface area contributed by atoms with Gasteiger partial charge in [-0.15, -0.1) is 0 Å². The van der Waals surface area contributed by atoms with Gasteiger partial charge in [-0.2, -0.15) is 0 Å². The molecule has 28 heavy (non-hydrogen) atoms. The van der Waals surface area contributed by atoms with Gasteiger partial charge in [-0.3, -0.25) is 4.79 Å². The number of anilines is 1. The maximum Gasteiger partial charge on any atom is 0.342 e. The summed E-state index contributed by atoms with van der Waals surface area (Å²) in [6.07, 6.45) is 1.48. The van der Waals surface area contributed by atoms with E-state index in [9.17, 15) is 9.59 Å². The van der Waals surface area contributed by atoms with E-state index in [1.165, 1.54) is 12.3 Å². The zero-order valence-electron chi connectivity index (χ0n) is 15.3. The highest BCUT2D eigenvalue weighted by Crippen LogP contribution is 2.12. The zero-order valence-corrected chi connectivity index (χ0v) is 15.3. The van der Waals surface area contributed by atoms with Crippen molar-refractivity contribution >= 4 is 17.7 Å². The minimum atomic E-state index is -0.668. The molecule has 3 aromatic rings. The third-order valence-corrected chi connectivity index (χ3v) is 4.17. The van der Waals surface area contributed by atoms with Crippen LogP contribution in [0, 0.1) is 0 Å². The summed E-state index contributed by atoms with van der Waals surface area (Å²) in [5.41, 5.74) is 7.82. The van der Waals surface area contributed by atoms with Crippen molar-refractivity contribution in [1.29, 1.82) is 0 Å². The Hall–Kier alpha value is -3.67. The Morgan fingerprint density at radius 2 is 1.43 bits per heavy atom. The molecule has 0 aliphatic rings. The molecule has 0 saturated carbocycles. The highest BCUT2D eigenvalue weighted by molar-refractivity contribution is 5.95. The Balaban J connectivity index is 1.69. The van der Waals surface area contributed by atoms with Crippen LogP contribution in [0.5, 0.6) is 0 Å². The number of esters is 1. The molecule has 1 aromatic heterocycles. The Morgan fingerprint density at radius 3 is 1.96 bits per heavy atom. The number of hydrogen-bond donors (Lipinski definition) is 1. The van der Waals surface area contributed by atoms with E-state index in [1.54, 1.807) is 11.0 Å². The van der Waals surface area contributed by atoms with Gasteiger partial charge in [0.2, 0.25) is 0 Å². The Morgan fingerprint density at radius 1 is 0.857 bits per heavy atom. The number of rotatable bonds is 7. The van der Waals surface area contributed by atoms with Crippen LogP contribution in [-0.2, 0) is 22.6 Å². The summed E-state index contributed by atoms with van der Waals surface area (Å²) in [6.45, 7) is 0.467. The molecule has 0 radical (unpaired) electrons. The Bertz CT molecular complexity index is 889. The summed E-state index contributed by atoms with van der Waals surface area (Å²) < 4.78 is 5.18. The quantitative estimate of drug-likeness (QED) is 0.642. The molecule has 0 bridgehead atoms. The second-order valence-corrected chi connectivity index (χ2v) is 6.23. The van der Waals surface area contributed by atoms with Gasteiger partial charge in [-0.05, 0) is 23.3 Å². The van der Waals surface area contributed by atoms with Crippen LogP contribution in [0.25, 0.3) is 0 Å². The summed E-state index contributed by atoms with van der Waals surface area (Å²) in [6, 6.07) is 22.4. The van der Waals surface area contributed by atoms with Crippen molar-refractivity contribution in [2.45, 2.75) is 13.1 Å². The first-order valence-corrected chi connectivity index (χ1v) is 8.86. The Labute approximate surface area is 163 Å². The lowest BCUT2D eigenvalue weighted by Gasteiger charge is -2.23. The highest BCUT2D eigenvalue weighted by atomic mass is 16.5. The van der Waals surface area contributed by atoms with E-state index in [1.807, 2.05) is 60.7 Å². The molecule has 0 unspecified atom stereocenters. The summed E-state index contributed by atoms with van der Waals surface area (Å²) in [4.78, 5) is 30.5. The molecular formula is C22H21N3O3. The van der Waals surface area contributed by atoms with E-state index in [-0.39, 0.29) is 23.9 Å². The van der Waals surface area contributed by atoms with Gasteiger partial charge < -0.3 is 15.4 Å². The van der Waals surface area contributed by atoms with E-state index in [4.69, 9.17) is 10.5 Å². The van der Waals surface area contributed by atoms with E-state index in [2.05, 4.69) is 4.98 Å². The molecule has 1 heterocycles. The number of carbonyl (C=O) groups excluding carboxylic acids is 2. The topological polar surface area (TPSA) is 85.5 Å². The number of aromatic nitrogens is 1. The lowest BCUT2D eigenvalue weighted by molar-refractivity contribution is -0.135. The minimum Gasteiger partial charge on any atom is -0.452 e. The number of nitrogen functional groups attached to an aromatic ring is 1. The number of nitrogens with zero attached hydrogens (tertiary/aromatic N) is 2. The summed E-state index contributed by atoms with van der Waals surface area (Å²) in [7, 11) is 0. The maximum atomic E-state index is 12.8. The maximum absolute atomic E-state index is 12.8. The molecule has 1 amide bonds. The lowest BCUT2D eigenvalue weighted by atomic mass is 10.1. The second kappa shape index (κ2) is 9.32. The third kappa shape index (κ3) is 5.17. The van der Waals surface area contributed by atoms with Crippen molar-refractivity contribution in [2.75, 3.05) is 12.3 Å². The Kier molecular flexibility index (Phi) is 6.36. The van der Waals surface area contributed by atoms with Crippen molar-refractivity contribution < 1.29 is 14.3 Å². The van der Waals surface area contributed by atoms with Gasteiger partial charge in [0.15, 0.2) is 6.61 Å². The molecule has 0 aliphatic carbocycles. The number of hydrogen-bond acceptors (Lipinski definition) is 5. The molecular weight excluding hydrogens is 354 g/mol. The molecule has 6 nitrogen and oxygen atoms in total. The molecule has 0 atom stereocenters. The molecule has 0 spiro atoms. The fraction of sp³-hybridized carbons (Fsp3) is 0.136. The molecule has 0 fully saturated rings. The van der Waals surface area contributed by atoms with Gasteiger partial charge in [0.25, 0.3) is 5.91 Å². The van der Waals surface area contributed by atoms with Gasteiger partial charge in [0.05, 0.1) is 0 Å². The van der Waals surface area contributed by atoms with E-state index in [0.29, 0.717) is 13.1 Å². The van der Waals surface area contributed by atoms with Crippen LogP contribution in [0.3, 0.4) is 0 Å². The monoisotopic (exact) mass is 375 g/mol. The van der Waals surface area contributed by atoms with Gasteiger partial charge in [-0.1, -0.05) is 60.7 Å². The van der Waals surface area contributed by atoms with Gasteiger partial charge in [0.1, 0.15) is 11.4 Å². The summed E-state index contributed by atoms with van der Waals surface area (Å²) >= 11 is 0. The van der Waals surface area contributed by atoms with Crippen LogP contribution in [-0.4, -0.2) is 28.4 Å². The van der Waals surface area contributed by atoms with Crippen molar-refractivity contribution in [3.63, 3.8) is 0 Å². The van der Waals surface area contributed by atoms with Crippen LogP contribution in [0.4, 0.5) is 5.82 Å². The van der Waals surface area contributed by atoms with Crippen molar-refractivity contribution in [2.24, 2.45) is 0 Å². The van der Waals surface area contributed by atoms with Crippen LogP contribution < -0.4 is 5.73 Å². The highest BCUT2D eigenvalue weighted by Gasteiger charge is 2.18. The molecule has 0 aliphatic heterocycles. The number of pyridine rings is 1. The molecule has 2 N–H and O–H groups in total. The SMILES string of the molecule is Nc1ncccc1C(=O)OCC(=O)N(Cc1ccccc1)Cc1ccccc1. The van der Waals surface area contributed by atoms with Gasteiger partial charge >= 0.3 is 5.97 Å². The number of benzene rings is 2. The fourth-order valence-corrected chi connectivity index (χ4v) is 2.73. The van der Waals surface area contributed by atoms with E-state index in [0.717, 1.165) is 11.1 Å². The van der Waals surface area contributed by atoms with Crippen LogP contribution >= 0.6 is 0 Å². The van der Waals surface area contributed by atoms with Gasteiger partial charge in [-0.25, -0.2) is 9.78 Å². The first-order valence-electron chi connectivity index (χ1n) is 8.86. The second-order valence-electron chi connectivity index (χ2n) is 6.23. The predicted molar refractivity (Wildman–Crippen MR) is 106 cm³/mol. The van der Waals surface area contributed by atoms with Crippen LogP contribution in [0.15, 0.2) is 79.0 Å². The number of carbonyl (C=O) groups is 2. The normalized spacial score (nSPS) is 10.3. The van der Waals surface area contributed by atoms with E-state index < -0.39 is 5.97 Å². The number of amides is 1. The average molecular weight is 375 g/mol. The van der Waals surface area contributed by atoms with Crippen LogP contribution in [0.2, 0.25) is 0 Å². The number of ether oxygens (including phenoxy) is 1. The first-order chi connectivity index (χ1) is 13.6. The zero-order chi connectivity index (χ0) is 19.8. The molecule has 0 saturated heterocycles. The lowest BCUT2D eigenvalue weighted by Crippen LogP contribution is -2.34. The standard InChI is InChI=1S/C22H21N3O3/c23-21-19(12-7-13-24-21)22(27)28-16-20(26)25(14-17-8-3-1-4-9-17)15-18-10-5-2-6-11-18/h1-13H,14-16H2,(H2,23,24). The minimum absolute atomic E-state index is 0.0744. The van der Waals surface area contributed by atoms with Crippen molar-refractivity contribution in [1.82, 2.24) is 9.88 Å². The molecule has 3 rings (SSSR count). The van der Waals surface area contributed by atoms with Crippen molar-refractivity contribution in [3.05, 3.63) is 95.7 Å². The summed E-state index contributed by atoms with van der Waals surface area (Å²) in [5.74, 6) is -0.882. The van der Waals surface area contributed by atoms with Gasteiger partial charge in [0, 0.05) is 19.3 Å². The van der Waals surface area contributed by atoms with Crippen LogP contribution in [0.1, 0.15) is 21.5 Å². The molecule has 6 heteroatoms. The molecule has 142 valence electrons. The predicted octanol–water partition coefficient (Wildman–Crippen LogP) is 3.05. The molecule has 2 aromatic carbocycles. The average Bonchev–Trinajstić information content (AvgIpc) is 2.73. The largest absolute Gasteiger partial charge is 0.452 e.